The molecule has 1 aliphatic rings. The Morgan fingerprint density at radius 2 is 2.00 bits per heavy atom. The van der Waals surface area contributed by atoms with E-state index in [-0.39, 0.29) is 5.91 Å². The maximum Gasteiger partial charge on any atom is 0.217 e. The highest BCUT2D eigenvalue weighted by Gasteiger charge is 2.18. The fourth-order valence-corrected chi connectivity index (χ4v) is 3.60. The Kier molecular flexibility index (Phi) is 5.07. The highest BCUT2D eigenvalue weighted by Crippen LogP contribution is 2.21. The van der Waals surface area contributed by atoms with Crippen LogP contribution < -0.4 is 10.2 Å². The number of aromatic amines is 1. The van der Waals surface area contributed by atoms with Gasteiger partial charge in [-0.3, -0.25) is 9.69 Å². The molecule has 0 unspecified atom stereocenters. The second-order valence-electron chi connectivity index (χ2n) is 7.05. The van der Waals surface area contributed by atoms with E-state index in [9.17, 15) is 4.79 Å². The van der Waals surface area contributed by atoms with E-state index in [1.807, 2.05) is 24.5 Å². The van der Waals surface area contributed by atoms with Gasteiger partial charge >= 0.3 is 0 Å². The summed E-state index contributed by atoms with van der Waals surface area (Å²) in [5.41, 5.74) is 3.60. The monoisotopic (exact) mass is 363 g/mol. The first-order valence-electron chi connectivity index (χ1n) is 9.41. The average molecular weight is 363 g/mol. The summed E-state index contributed by atoms with van der Waals surface area (Å²) < 4.78 is 0. The molecule has 1 amide bonds. The molecule has 0 aliphatic carbocycles. The van der Waals surface area contributed by atoms with Crippen LogP contribution in [0.25, 0.3) is 10.9 Å². The number of pyridine rings is 1. The summed E-state index contributed by atoms with van der Waals surface area (Å²) in [6.07, 6.45) is 3.86. The van der Waals surface area contributed by atoms with Crippen molar-refractivity contribution in [1.82, 2.24) is 20.2 Å². The summed E-state index contributed by atoms with van der Waals surface area (Å²) in [6, 6.07) is 12.7. The first-order valence-corrected chi connectivity index (χ1v) is 9.41. The predicted octanol–water partition coefficient (Wildman–Crippen LogP) is 2.52. The van der Waals surface area contributed by atoms with Crippen molar-refractivity contribution in [2.24, 2.45) is 0 Å². The van der Waals surface area contributed by atoms with E-state index in [0.29, 0.717) is 6.54 Å². The maximum absolute atomic E-state index is 11.0. The number of hydrogen-bond donors (Lipinski definition) is 2. The van der Waals surface area contributed by atoms with Crippen molar-refractivity contribution in [2.45, 2.75) is 20.0 Å². The minimum absolute atomic E-state index is 0.0227. The quantitative estimate of drug-likeness (QED) is 0.731. The van der Waals surface area contributed by atoms with Crippen LogP contribution in [-0.4, -0.2) is 47.0 Å². The molecule has 0 spiro atoms. The number of hydrogen-bond acceptors (Lipinski definition) is 4. The van der Waals surface area contributed by atoms with Crippen LogP contribution in [0.2, 0.25) is 0 Å². The Morgan fingerprint density at radius 1 is 1.15 bits per heavy atom. The molecule has 27 heavy (non-hydrogen) atoms. The predicted molar refractivity (Wildman–Crippen MR) is 108 cm³/mol. The Morgan fingerprint density at radius 3 is 2.74 bits per heavy atom. The third kappa shape index (κ3) is 4.11. The zero-order valence-electron chi connectivity index (χ0n) is 15.6. The minimum atomic E-state index is -0.0227. The van der Waals surface area contributed by atoms with Crippen LogP contribution in [0.4, 0.5) is 5.82 Å². The van der Waals surface area contributed by atoms with Gasteiger partial charge in [-0.05, 0) is 29.3 Å². The van der Waals surface area contributed by atoms with Gasteiger partial charge in [0, 0.05) is 69.5 Å². The van der Waals surface area contributed by atoms with Crippen LogP contribution in [-0.2, 0) is 17.9 Å². The van der Waals surface area contributed by atoms with Gasteiger partial charge in [-0.2, -0.15) is 0 Å². The summed E-state index contributed by atoms with van der Waals surface area (Å²) in [4.78, 5) is 23.7. The largest absolute Gasteiger partial charge is 0.361 e. The molecule has 0 atom stereocenters. The number of nitrogens with one attached hydrogen (secondary N) is 2. The van der Waals surface area contributed by atoms with E-state index >= 15 is 0 Å². The Hall–Kier alpha value is -2.86. The van der Waals surface area contributed by atoms with Gasteiger partial charge in [0.05, 0.1) is 0 Å². The van der Waals surface area contributed by atoms with E-state index in [2.05, 4.69) is 49.4 Å². The third-order valence-corrected chi connectivity index (χ3v) is 5.13. The van der Waals surface area contributed by atoms with E-state index in [4.69, 9.17) is 0 Å². The second kappa shape index (κ2) is 7.80. The van der Waals surface area contributed by atoms with Crippen molar-refractivity contribution in [3.63, 3.8) is 0 Å². The molecule has 1 aliphatic heterocycles. The number of piperazine rings is 1. The van der Waals surface area contributed by atoms with Crippen LogP contribution in [0.1, 0.15) is 18.1 Å². The zero-order chi connectivity index (χ0) is 18.6. The van der Waals surface area contributed by atoms with E-state index in [0.717, 1.165) is 44.1 Å². The molecule has 1 aromatic carbocycles. The molecule has 0 bridgehead atoms. The SMILES string of the molecule is CC(=O)NCc1ccc(N2CCN(Cc3cccc4[nH]ccc34)CC2)nc1. The van der Waals surface area contributed by atoms with Crippen molar-refractivity contribution in [1.29, 1.82) is 0 Å². The fraction of sp³-hybridized carbons (Fsp3) is 0.333. The molecule has 6 heteroatoms. The lowest BCUT2D eigenvalue weighted by atomic mass is 10.1. The Labute approximate surface area is 159 Å². The van der Waals surface area contributed by atoms with Crippen molar-refractivity contribution < 1.29 is 4.79 Å². The number of fused-ring (bicyclic) bond motifs is 1. The molecular formula is C21H25N5O. The molecule has 0 radical (unpaired) electrons. The summed E-state index contributed by atoms with van der Waals surface area (Å²) in [5, 5.41) is 4.12. The number of benzene rings is 1. The maximum atomic E-state index is 11.0. The minimum Gasteiger partial charge on any atom is -0.361 e. The van der Waals surface area contributed by atoms with Gasteiger partial charge in [-0.1, -0.05) is 18.2 Å². The first kappa shape index (κ1) is 17.5. The van der Waals surface area contributed by atoms with E-state index in [1.54, 1.807) is 0 Å². The van der Waals surface area contributed by atoms with E-state index < -0.39 is 0 Å². The molecule has 4 rings (SSSR count). The van der Waals surface area contributed by atoms with Gasteiger partial charge in [0.2, 0.25) is 5.91 Å². The lowest BCUT2D eigenvalue weighted by Gasteiger charge is -2.35. The van der Waals surface area contributed by atoms with Crippen LogP contribution in [0.3, 0.4) is 0 Å². The van der Waals surface area contributed by atoms with Gasteiger partial charge in [0.1, 0.15) is 5.82 Å². The summed E-state index contributed by atoms with van der Waals surface area (Å²) in [6.45, 7) is 7.03. The van der Waals surface area contributed by atoms with Crippen LogP contribution >= 0.6 is 0 Å². The lowest BCUT2D eigenvalue weighted by Crippen LogP contribution is -2.46. The van der Waals surface area contributed by atoms with E-state index in [1.165, 1.54) is 23.4 Å². The molecule has 2 aromatic heterocycles. The van der Waals surface area contributed by atoms with Crippen LogP contribution in [0.15, 0.2) is 48.8 Å². The number of amides is 1. The third-order valence-electron chi connectivity index (χ3n) is 5.13. The molecule has 2 N–H and O–H groups in total. The van der Waals surface area contributed by atoms with Crippen molar-refractivity contribution >= 4 is 22.6 Å². The molecule has 6 nitrogen and oxygen atoms in total. The van der Waals surface area contributed by atoms with Crippen molar-refractivity contribution in [3.05, 3.63) is 59.9 Å². The standard InChI is InChI=1S/C21H25N5O/c1-16(27)23-13-17-5-6-21(24-14-17)26-11-9-25(10-12-26)15-18-3-2-4-20-19(18)7-8-22-20/h2-8,14,22H,9-13,15H2,1H3,(H,23,27). The molecular weight excluding hydrogens is 338 g/mol. The average Bonchev–Trinajstić information content (AvgIpc) is 3.17. The normalized spacial score (nSPS) is 15.2. The second-order valence-corrected chi connectivity index (χ2v) is 7.05. The first-order chi connectivity index (χ1) is 13.2. The van der Waals surface area contributed by atoms with Gasteiger partial charge < -0.3 is 15.2 Å². The lowest BCUT2D eigenvalue weighted by molar-refractivity contribution is -0.119. The van der Waals surface area contributed by atoms with Crippen molar-refractivity contribution in [2.75, 3.05) is 31.1 Å². The molecule has 1 saturated heterocycles. The Bertz CT molecular complexity index is 910. The zero-order valence-corrected chi connectivity index (χ0v) is 15.6. The van der Waals surface area contributed by atoms with Gasteiger partial charge in [0.25, 0.3) is 0 Å². The van der Waals surface area contributed by atoms with Crippen LogP contribution in [0, 0.1) is 0 Å². The molecule has 1 fully saturated rings. The number of rotatable bonds is 5. The van der Waals surface area contributed by atoms with Gasteiger partial charge in [-0.15, -0.1) is 0 Å². The Balaban J connectivity index is 1.33. The number of anilines is 1. The van der Waals surface area contributed by atoms with Gasteiger partial charge in [-0.25, -0.2) is 4.98 Å². The fourth-order valence-electron chi connectivity index (χ4n) is 3.60. The summed E-state index contributed by atoms with van der Waals surface area (Å²) >= 11 is 0. The molecule has 3 heterocycles. The van der Waals surface area contributed by atoms with Crippen LogP contribution in [0.5, 0.6) is 0 Å². The number of H-pyrrole nitrogens is 1. The van der Waals surface area contributed by atoms with Gasteiger partial charge in [0.15, 0.2) is 0 Å². The summed E-state index contributed by atoms with van der Waals surface area (Å²) in [5.74, 6) is 0.986. The topological polar surface area (TPSA) is 64.3 Å². The molecule has 140 valence electrons. The number of carbonyl (C=O) groups excluding carboxylic acids is 1. The number of carbonyl (C=O) groups is 1. The molecule has 3 aromatic rings. The smallest absolute Gasteiger partial charge is 0.217 e. The highest BCUT2D eigenvalue weighted by molar-refractivity contribution is 5.82. The van der Waals surface area contributed by atoms with Crippen molar-refractivity contribution in [3.8, 4) is 0 Å². The number of aromatic nitrogens is 2. The number of nitrogens with zero attached hydrogens (tertiary/aromatic N) is 3. The summed E-state index contributed by atoms with van der Waals surface area (Å²) in [7, 11) is 0. The molecule has 0 saturated carbocycles. The highest BCUT2D eigenvalue weighted by atomic mass is 16.1.